The Hall–Kier alpha value is -10.3. The van der Waals surface area contributed by atoms with Crippen molar-refractivity contribution in [2.45, 2.75) is 106 Å². The Bertz CT molecular complexity index is 6180. The maximum absolute atomic E-state index is 4.71. The Kier molecular flexibility index (Phi) is 21.4. The molecule has 9 aliphatic heterocycles. The van der Waals surface area contributed by atoms with Gasteiger partial charge in [-0.1, -0.05) is 200 Å². The van der Waals surface area contributed by atoms with Crippen LogP contribution in [0.25, 0.3) is 10.8 Å². The van der Waals surface area contributed by atoms with Crippen LogP contribution in [0.3, 0.4) is 0 Å². The van der Waals surface area contributed by atoms with Crippen molar-refractivity contribution < 1.29 is 79.1 Å². The van der Waals surface area contributed by atoms with Gasteiger partial charge in [0.05, 0.1) is 0 Å². The Labute approximate surface area is 757 Å². The van der Waals surface area contributed by atoms with Gasteiger partial charge in [-0.25, -0.2) is 25.2 Å². The molecule has 570 valence electrons. The molecule has 0 spiro atoms. The molecule has 0 aliphatic carbocycles. The first-order valence-electron chi connectivity index (χ1n) is 42.0. The van der Waals surface area contributed by atoms with Crippen LogP contribution < -0.4 is 96.0 Å². The molecular formula is C104H89B5N9Y2+. The van der Waals surface area contributed by atoms with Crippen LogP contribution >= 0.6 is 0 Å². The van der Waals surface area contributed by atoms with E-state index in [1.807, 2.05) is 43.1 Å². The van der Waals surface area contributed by atoms with Gasteiger partial charge in [0, 0.05) is 187 Å². The van der Waals surface area contributed by atoms with Gasteiger partial charge in [-0.2, -0.15) is 40.9 Å². The zero-order valence-corrected chi connectivity index (χ0v) is 75.8. The summed E-state index contributed by atoms with van der Waals surface area (Å²) in [5, 5.41) is 2.80. The monoisotopic (exact) mass is 1700 g/mol. The number of pyridine rings is 9. The molecular weight excluding hydrogens is 1610 g/mol. The summed E-state index contributed by atoms with van der Waals surface area (Å²) in [6.45, 7) is 17.1. The van der Waals surface area contributed by atoms with Crippen molar-refractivity contribution in [1.29, 1.82) is 0 Å². The van der Waals surface area contributed by atoms with E-state index < -0.39 is 0 Å². The number of fused-ring (bicyclic) bond motifs is 20. The molecule has 25 rings (SSSR count). The van der Waals surface area contributed by atoms with E-state index in [9.17, 15) is 0 Å². The van der Waals surface area contributed by atoms with Crippen LogP contribution in [-0.4, -0.2) is 63.5 Å². The number of nitrogens with zero attached hydrogens (tertiary/aromatic N) is 9. The van der Waals surface area contributed by atoms with Crippen LogP contribution in [0.1, 0.15) is 139 Å². The third kappa shape index (κ3) is 13.4. The van der Waals surface area contributed by atoms with E-state index in [0.29, 0.717) is 26.9 Å². The van der Waals surface area contributed by atoms with E-state index in [1.54, 1.807) is 22.6 Å². The second-order valence-corrected chi connectivity index (χ2v) is 34.5. The van der Waals surface area contributed by atoms with E-state index in [2.05, 4.69) is 322 Å². The number of benzene rings is 7. The summed E-state index contributed by atoms with van der Waals surface area (Å²) < 4.78 is 6.92. The molecule has 18 heterocycles. The number of rotatable bonds is 1. The van der Waals surface area contributed by atoms with Crippen LogP contribution in [-0.2, 0) is 144 Å². The second kappa shape index (κ2) is 32.2. The second-order valence-electron chi connectivity index (χ2n) is 34.5. The maximum Gasteiger partial charge on any atom is 0.407 e. The van der Waals surface area contributed by atoms with Gasteiger partial charge in [0.15, 0.2) is 36.5 Å². The average molecular weight is 1700 g/mol. The molecule has 9 nitrogen and oxygen atoms in total. The first kappa shape index (κ1) is 79.5. The molecule has 0 bridgehead atoms. The van der Waals surface area contributed by atoms with E-state index in [0.717, 1.165) is 57.8 Å². The Morgan fingerprint density at radius 1 is 0.283 bits per heavy atom. The molecule has 0 amide bonds. The fourth-order valence-corrected chi connectivity index (χ4v) is 22.7. The average Bonchev–Trinajstić information content (AvgIpc) is 0.701. The summed E-state index contributed by atoms with van der Waals surface area (Å²) in [5.74, 6) is 0. The summed E-state index contributed by atoms with van der Waals surface area (Å²) in [4.78, 5) is 26.9. The van der Waals surface area contributed by atoms with Gasteiger partial charge in [-0.05, 0) is 191 Å². The molecule has 0 atom stereocenters. The van der Waals surface area contributed by atoms with Gasteiger partial charge in [0.1, 0.15) is 26.7 Å². The van der Waals surface area contributed by atoms with Gasteiger partial charge >= 0.3 is 13.4 Å². The van der Waals surface area contributed by atoms with Gasteiger partial charge in [0.25, 0.3) is 0 Å². The standard InChI is InChI=1S/C26H21B.C20H18BN2.C20H17BN2.C19H18BN3.C19H15BN2.2Y/c1-16-7-5-9-19-14-20-10-6-11-21-15-23-22-12-4-3-8-18(22)13-17(2)25(23)27(24(16)19)26(20)21;1-13-5-3-6-14-9-16-11-22-12-17-10-15-7-4-8-23(2)20(15)21(18(13)14)19(16)17;1-12-4-3-5-14-8-15-10-22-11-16-9-17-19(13(2)6-7-23-17)21(18(12)14)20(15)16;1-22-7-3-5-13-9-15-11-21-12-16-10-14-6-4-8-23(2)19(14)20(17(15)16)18(13)22;1-13-5-3-4-6-17(13)20-18-7-8-21-11-15(18)9-16-12-22-10-14(2)19(16)20;;/h3-13H,14-15H2,1-2H3;3-8,11-12H,9-10H2,1-2H3;3-7,10-11H,8-9H2,1-2H3;3-8,11-12H,9-10H2,1-2H3;3-5,8,10-12H,9H2,1-2H3;;/q;+1;;+2;-2;;. The van der Waals surface area contributed by atoms with E-state index >= 15 is 0 Å². The minimum atomic E-state index is 0. The van der Waals surface area contributed by atoms with Crippen LogP contribution in [0.5, 0.6) is 0 Å². The Morgan fingerprint density at radius 3 is 1.25 bits per heavy atom. The normalized spacial score (nSPS) is 13.6. The summed E-state index contributed by atoms with van der Waals surface area (Å²) in [5.41, 5.74) is 56.5. The predicted octanol–water partition coefficient (Wildman–Crippen LogP) is 5.90. The van der Waals surface area contributed by atoms with Crippen molar-refractivity contribution in [3.8, 4) is 0 Å². The van der Waals surface area contributed by atoms with Gasteiger partial charge in [-0.3, -0.25) is 24.9 Å². The summed E-state index contributed by atoms with van der Waals surface area (Å²) in [7, 11) is 6.51. The van der Waals surface area contributed by atoms with Crippen LogP contribution in [0, 0.1) is 60.6 Å². The third-order valence-corrected chi connectivity index (χ3v) is 27.6. The third-order valence-electron chi connectivity index (χ3n) is 27.6. The molecule has 16 aromatic rings. The Morgan fingerprint density at radius 2 is 0.683 bits per heavy atom. The molecule has 0 N–H and O–H groups in total. The fourth-order valence-electron chi connectivity index (χ4n) is 22.7. The molecule has 0 saturated carbocycles. The van der Waals surface area contributed by atoms with Crippen molar-refractivity contribution >= 4 is 127 Å². The van der Waals surface area contributed by atoms with Crippen molar-refractivity contribution in [1.82, 2.24) is 29.9 Å². The number of hydrogen-bond acceptors (Lipinski definition) is 6. The maximum atomic E-state index is 4.71. The fraction of sp³-hybridized carbons (Fsp3) is 0.183. The first-order valence-corrected chi connectivity index (χ1v) is 42.0. The van der Waals surface area contributed by atoms with Crippen molar-refractivity contribution in [3.63, 3.8) is 0 Å². The molecule has 9 aliphatic rings. The first-order chi connectivity index (χ1) is 57.7. The van der Waals surface area contributed by atoms with Gasteiger partial charge in [0.2, 0.25) is 13.4 Å². The van der Waals surface area contributed by atoms with E-state index in [-0.39, 0.29) is 72.1 Å². The molecule has 2 radical (unpaired) electrons. The SMILES string of the molecule is C[n+]1cccc2c1B1c3c(cncc3Cc3ccc[n+](C)c31)C2.Cc1ccc[c-]c1B1c2[c-]cncc2Cc2cncc(C)c21.Cc1cccc2c1B1c3c(cccc3Cc3c1c(C)cc1ccccc31)C2.Cc1cccc2c1B1c3c(cncc3Cc3ccc[n+](C)c31)C2.Cc1cccc2c1B1c3c(cncc3Cc3nccc(C)c31)C2.[Y].[Y]. The molecule has 7 aromatic carbocycles. The minimum absolute atomic E-state index is 0. The summed E-state index contributed by atoms with van der Waals surface area (Å²) >= 11 is 0. The van der Waals surface area contributed by atoms with Crippen LogP contribution in [0.15, 0.2) is 251 Å². The smallest absolute Gasteiger partial charge is 0.304 e. The zero-order chi connectivity index (χ0) is 79.9. The van der Waals surface area contributed by atoms with Crippen molar-refractivity contribution in [3.05, 3.63) is 402 Å². The Balaban J connectivity index is 0.0000000990. The van der Waals surface area contributed by atoms with E-state index in [1.165, 1.54) is 216 Å². The molecule has 9 aromatic heterocycles. The zero-order valence-electron chi connectivity index (χ0n) is 70.1. The predicted molar refractivity (Wildman–Crippen MR) is 484 cm³/mol. The molecule has 0 saturated heterocycles. The topological polar surface area (TPSA) is 89.0 Å². The number of aryl methyl sites for hydroxylation is 10. The van der Waals surface area contributed by atoms with Gasteiger partial charge < -0.3 is 4.98 Å². The number of aromatic nitrogens is 9. The van der Waals surface area contributed by atoms with Crippen molar-refractivity contribution in [2.75, 3.05) is 0 Å². The summed E-state index contributed by atoms with van der Waals surface area (Å²) in [6.07, 6.45) is 37.4. The molecule has 0 fully saturated rings. The van der Waals surface area contributed by atoms with E-state index in [4.69, 9.17) is 4.98 Å². The van der Waals surface area contributed by atoms with Crippen LogP contribution in [0.2, 0.25) is 0 Å². The molecule has 16 heteroatoms. The summed E-state index contributed by atoms with van der Waals surface area (Å²) in [6, 6.07) is 67.0. The largest absolute Gasteiger partial charge is 0.407 e. The number of hydrogen-bond donors (Lipinski definition) is 0. The quantitative estimate of drug-likeness (QED) is 0.116. The molecule has 0 unspecified atom stereocenters. The van der Waals surface area contributed by atoms with Crippen molar-refractivity contribution in [2.24, 2.45) is 21.1 Å². The van der Waals surface area contributed by atoms with Crippen LogP contribution in [0.4, 0.5) is 0 Å². The van der Waals surface area contributed by atoms with Gasteiger partial charge in [-0.15, -0.1) is 0 Å². The minimum Gasteiger partial charge on any atom is -0.304 e. The molecule has 120 heavy (non-hydrogen) atoms.